The highest BCUT2D eigenvalue weighted by atomic mass is 35.5. The van der Waals surface area contributed by atoms with Crippen LogP contribution in [0.1, 0.15) is 10.6 Å². The lowest BCUT2D eigenvalue weighted by Crippen LogP contribution is -2.49. The molecule has 8 heteroatoms. The zero-order chi connectivity index (χ0) is 23.5. The molecule has 4 aromatic rings. The highest BCUT2D eigenvalue weighted by molar-refractivity contribution is 6.30. The average Bonchev–Trinajstić information content (AvgIpc) is 3.34. The van der Waals surface area contributed by atoms with Crippen molar-refractivity contribution in [1.82, 2.24) is 19.7 Å². The Morgan fingerprint density at radius 2 is 1.65 bits per heavy atom. The zero-order valence-corrected chi connectivity index (χ0v) is 19.5. The number of piperazine rings is 1. The minimum Gasteiger partial charge on any atom is -0.495 e. The Morgan fingerprint density at radius 3 is 2.38 bits per heavy atom. The first-order chi connectivity index (χ1) is 16.6. The van der Waals surface area contributed by atoms with Gasteiger partial charge in [0, 0.05) is 36.8 Å². The predicted molar refractivity (Wildman–Crippen MR) is 133 cm³/mol. The zero-order valence-electron chi connectivity index (χ0n) is 18.8. The molecule has 0 aliphatic carbocycles. The summed E-state index contributed by atoms with van der Waals surface area (Å²) < 4.78 is 7.18. The van der Waals surface area contributed by atoms with Crippen LogP contribution in [0.2, 0.25) is 5.02 Å². The number of hydrogen-bond donors (Lipinski definition) is 0. The van der Waals surface area contributed by atoms with Gasteiger partial charge in [-0.1, -0.05) is 60.1 Å². The van der Waals surface area contributed by atoms with Gasteiger partial charge in [0.2, 0.25) is 5.82 Å². The van der Waals surface area contributed by atoms with Crippen LogP contribution in [-0.4, -0.2) is 58.9 Å². The molecule has 0 radical (unpaired) electrons. The van der Waals surface area contributed by atoms with Gasteiger partial charge in [0.05, 0.1) is 18.5 Å². The molecule has 0 bridgehead atoms. The van der Waals surface area contributed by atoms with Crippen LogP contribution in [0.4, 0.5) is 5.69 Å². The number of amides is 1. The Hall–Kier alpha value is -3.84. The van der Waals surface area contributed by atoms with Crippen LogP contribution in [0.15, 0.2) is 78.9 Å². The highest BCUT2D eigenvalue weighted by Crippen LogP contribution is 2.29. The Bertz CT molecular complexity index is 1300. The number of aromatic nitrogens is 3. The molecule has 0 unspecified atom stereocenters. The van der Waals surface area contributed by atoms with Crippen molar-refractivity contribution in [2.75, 3.05) is 38.2 Å². The first-order valence-electron chi connectivity index (χ1n) is 11.1. The van der Waals surface area contributed by atoms with Crippen molar-refractivity contribution in [1.29, 1.82) is 0 Å². The first kappa shape index (κ1) is 22.0. The maximum absolute atomic E-state index is 13.4. The minimum atomic E-state index is -0.183. The number of rotatable bonds is 5. The lowest BCUT2D eigenvalue weighted by Gasteiger charge is -2.36. The van der Waals surface area contributed by atoms with Gasteiger partial charge in [-0.15, -0.1) is 5.10 Å². The SMILES string of the molecule is COc1ccccc1N1CCN(C(=O)c2nc(-c3ccccc3)n(-c3cccc(Cl)c3)n2)CC1. The van der Waals surface area contributed by atoms with Crippen molar-refractivity contribution in [3.63, 3.8) is 0 Å². The second kappa shape index (κ2) is 9.57. The molecular weight excluding hydrogens is 450 g/mol. The summed E-state index contributed by atoms with van der Waals surface area (Å²) >= 11 is 6.22. The van der Waals surface area contributed by atoms with E-state index < -0.39 is 0 Å². The fourth-order valence-corrected chi connectivity index (χ4v) is 4.33. The van der Waals surface area contributed by atoms with Gasteiger partial charge in [-0.2, -0.15) is 0 Å². The molecule has 0 atom stereocenters. The van der Waals surface area contributed by atoms with E-state index in [4.69, 9.17) is 16.3 Å². The fourth-order valence-electron chi connectivity index (χ4n) is 4.15. The third-order valence-corrected chi connectivity index (χ3v) is 6.11. The predicted octanol–water partition coefficient (Wildman–Crippen LogP) is 4.56. The van der Waals surface area contributed by atoms with E-state index in [1.807, 2.05) is 72.8 Å². The molecule has 1 fully saturated rings. The molecule has 0 saturated carbocycles. The smallest absolute Gasteiger partial charge is 0.293 e. The number of benzene rings is 3. The highest BCUT2D eigenvalue weighted by Gasteiger charge is 2.27. The second-order valence-electron chi connectivity index (χ2n) is 7.97. The lowest BCUT2D eigenvalue weighted by molar-refractivity contribution is 0.0734. The van der Waals surface area contributed by atoms with Crippen LogP contribution in [0.5, 0.6) is 5.75 Å². The topological polar surface area (TPSA) is 63.5 Å². The number of nitrogens with zero attached hydrogens (tertiary/aromatic N) is 5. The molecule has 1 aliphatic heterocycles. The molecule has 0 spiro atoms. The summed E-state index contributed by atoms with van der Waals surface area (Å²) in [5.74, 6) is 1.41. The van der Waals surface area contributed by atoms with E-state index in [-0.39, 0.29) is 11.7 Å². The van der Waals surface area contributed by atoms with E-state index in [9.17, 15) is 4.79 Å². The van der Waals surface area contributed by atoms with Gasteiger partial charge >= 0.3 is 0 Å². The van der Waals surface area contributed by atoms with Gasteiger partial charge in [0.25, 0.3) is 5.91 Å². The van der Waals surface area contributed by atoms with Crippen LogP contribution in [0, 0.1) is 0 Å². The maximum atomic E-state index is 13.4. The average molecular weight is 474 g/mol. The van der Waals surface area contributed by atoms with Gasteiger partial charge < -0.3 is 14.5 Å². The third-order valence-electron chi connectivity index (χ3n) is 5.88. The van der Waals surface area contributed by atoms with E-state index in [0.717, 1.165) is 22.7 Å². The van der Waals surface area contributed by atoms with E-state index in [1.54, 1.807) is 22.8 Å². The lowest BCUT2D eigenvalue weighted by atomic mass is 10.2. The van der Waals surface area contributed by atoms with Crippen LogP contribution >= 0.6 is 11.6 Å². The summed E-state index contributed by atoms with van der Waals surface area (Å²) in [6, 6.07) is 25.0. The maximum Gasteiger partial charge on any atom is 0.293 e. The van der Waals surface area contributed by atoms with Crippen molar-refractivity contribution in [3.05, 3.63) is 89.7 Å². The van der Waals surface area contributed by atoms with Gasteiger partial charge in [0.15, 0.2) is 5.82 Å². The van der Waals surface area contributed by atoms with Crippen LogP contribution < -0.4 is 9.64 Å². The van der Waals surface area contributed by atoms with Crippen molar-refractivity contribution in [3.8, 4) is 22.8 Å². The fraction of sp³-hybridized carbons (Fsp3) is 0.192. The quantitative estimate of drug-likeness (QED) is 0.425. The molecule has 1 aliphatic rings. The molecule has 5 rings (SSSR count). The molecule has 1 amide bonds. The molecule has 0 N–H and O–H groups in total. The summed E-state index contributed by atoms with van der Waals surface area (Å²) in [7, 11) is 1.67. The van der Waals surface area contributed by atoms with E-state index in [2.05, 4.69) is 15.0 Å². The van der Waals surface area contributed by atoms with Gasteiger partial charge in [-0.05, 0) is 30.3 Å². The number of halogens is 1. The number of ether oxygens (including phenoxy) is 1. The Morgan fingerprint density at radius 1 is 0.912 bits per heavy atom. The van der Waals surface area contributed by atoms with Crippen LogP contribution in [0.25, 0.3) is 17.1 Å². The van der Waals surface area contributed by atoms with Gasteiger partial charge in [0.1, 0.15) is 5.75 Å². The molecule has 3 aromatic carbocycles. The van der Waals surface area contributed by atoms with Crippen LogP contribution in [0.3, 0.4) is 0 Å². The van der Waals surface area contributed by atoms with Crippen molar-refractivity contribution >= 4 is 23.2 Å². The summed E-state index contributed by atoms with van der Waals surface area (Å²) in [6.45, 7) is 2.55. The number of anilines is 1. The van der Waals surface area contributed by atoms with Crippen molar-refractivity contribution < 1.29 is 9.53 Å². The first-order valence-corrected chi connectivity index (χ1v) is 11.5. The Labute approximate surface area is 203 Å². The molecule has 1 saturated heterocycles. The number of carbonyl (C=O) groups excluding carboxylic acids is 1. The van der Waals surface area contributed by atoms with Crippen molar-refractivity contribution in [2.24, 2.45) is 0 Å². The monoisotopic (exact) mass is 473 g/mol. The number of carbonyl (C=O) groups is 1. The molecule has 172 valence electrons. The Kier molecular flexibility index (Phi) is 6.18. The Balaban J connectivity index is 1.40. The second-order valence-corrected chi connectivity index (χ2v) is 8.40. The standard InChI is InChI=1S/C26H24ClN5O2/c1-34-23-13-6-5-12-22(23)30-14-16-31(17-15-30)26(33)24-28-25(19-8-3-2-4-9-19)32(29-24)21-11-7-10-20(27)18-21/h2-13,18H,14-17H2,1H3. The third kappa shape index (κ3) is 4.34. The molecule has 7 nitrogen and oxygen atoms in total. The summed E-state index contributed by atoms with van der Waals surface area (Å²) in [5, 5.41) is 5.19. The summed E-state index contributed by atoms with van der Waals surface area (Å²) in [4.78, 5) is 22.1. The number of methoxy groups -OCH3 is 1. The number of para-hydroxylation sites is 2. The number of hydrogen-bond acceptors (Lipinski definition) is 5. The summed E-state index contributed by atoms with van der Waals surface area (Å²) in [5.41, 5.74) is 2.65. The van der Waals surface area contributed by atoms with Gasteiger partial charge in [-0.3, -0.25) is 4.79 Å². The molecular formula is C26H24ClN5O2. The summed E-state index contributed by atoms with van der Waals surface area (Å²) in [6.07, 6.45) is 0. The van der Waals surface area contributed by atoms with Gasteiger partial charge in [-0.25, -0.2) is 9.67 Å². The van der Waals surface area contributed by atoms with E-state index >= 15 is 0 Å². The van der Waals surface area contributed by atoms with E-state index in [0.29, 0.717) is 37.0 Å². The molecule has 1 aromatic heterocycles. The largest absolute Gasteiger partial charge is 0.495 e. The normalized spacial score (nSPS) is 13.7. The molecule has 34 heavy (non-hydrogen) atoms. The minimum absolute atomic E-state index is 0.171. The van der Waals surface area contributed by atoms with E-state index in [1.165, 1.54) is 0 Å². The van der Waals surface area contributed by atoms with Crippen LogP contribution in [-0.2, 0) is 0 Å². The molecule has 2 heterocycles. The van der Waals surface area contributed by atoms with Crippen molar-refractivity contribution in [2.45, 2.75) is 0 Å².